The third-order valence-corrected chi connectivity index (χ3v) is 5.33. The zero-order valence-electron chi connectivity index (χ0n) is 12.3. The van der Waals surface area contributed by atoms with Crippen molar-refractivity contribution in [2.45, 2.75) is 77.1 Å². The number of nitrogens with zero attached hydrogens (tertiary/aromatic N) is 1. The number of hydrogen-bond donors (Lipinski definition) is 1. The van der Waals surface area contributed by atoms with Crippen molar-refractivity contribution in [3.63, 3.8) is 0 Å². The fourth-order valence-corrected chi connectivity index (χ4v) is 4.57. The first-order valence-corrected chi connectivity index (χ1v) is 8.45. The van der Waals surface area contributed by atoms with Crippen molar-refractivity contribution in [3.8, 4) is 0 Å². The van der Waals surface area contributed by atoms with Crippen LogP contribution in [0.3, 0.4) is 0 Å². The van der Waals surface area contributed by atoms with E-state index in [1.54, 1.807) is 0 Å². The molecule has 1 saturated carbocycles. The molecule has 2 fully saturated rings. The topological polar surface area (TPSA) is 24.4 Å². The van der Waals surface area contributed by atoms with Crippen LogP contribution in [-0.2, 0) is 0 Å². The summed E-state index contributed by atoms with van der Waals surface area (Å²) in [6.07, 6.45) is 6.67. The molecule has 1 N–H and O–H groups in total. The van der Waals surface area contributed by atoms with Crippen molar-refractivity contribution in [1.29, 1.82) is 0 Å². The van der Waals surface area contributed by atoms with Gasteiger partial charge in [0.2, 0.25) is 0 Å². The number of nitrogens with one attached hydrogen (secondary N) is 1. The maximum Gasteiger partial charge on any atom is 0.157 e. The first-order valence-electron chi connectivity index (χ1n) is 7.57. The van der Waals surface area contributed by atoms with Gasteiger partial charge in [0.05, 0.1) is 6.04 Å². The fraction of sp³-hybridized carbons (Fsp3) is 0.933. The van der Waals surface area contributed by atoms with Crippen LogP contribution in [0.1, 0.15) is 59.8 Å². The average molecular weight is 268 g/mol. The zero-order valence-corrected chi connectivity index (χ0v) is 13.1. The van der Waals surface area contributed by atoms with Gasteiger partial charge in [-0.2, -0.15) is 0 Å². The Morgan fingerprint density at radius 2 is 1.94 bits per heavy atom. The molecular weight excluding hydrogens is 240 g/mol. The molecule has 0 aromatic heterocycles. The van der Waals surface area contributed by atoms with Gasteiger partial charge in [-0.1, -0.05) is 45.4 Å². The van der Waals surface area contributed by atoms with E-state index in [2.05, 4.69) is 33.0 Å². The van der Waals surface area contributed by atoms with E-state index in [1.807, 2.05) is 11.8 Å². The molecule has 1 aliphatic carbocycles. The Balaban J connectivity index is 2.04. The molecule has 0 bridgehead atoms. The highest BCUT2D eigenvalue weighted by Gasteiger charge is 2.29. The van der Waals surface area contributed by atoms with Crippen LogP contribution in [-0.4, -0.2) is 22.5 Å². The normalized spacial score (nSPS) is 39.9. The molecule has 0 aromatic rings. The molecule has 2 nitrogen and oxygen atoms in total. The monoisotopic (exact) mass is 268 g/mol. The Morgan fingerprint density at radius 3 is 2.61 bits per heavy atom. The third kappa shape index (κ3) is 3.66. The molecule has 0 radical (unpaired) electrons. The smallest absolute Gasteiger partial charge is 0.157 e. The van der Waals surface area contributed by atoms with Crippen LogP contribution in [0.2, 0.25) is 0 Å². The summed E-state index contributed by atoms with van der Waals surface area (Å²) in [6, 6.07) is 1.15. The minimum atomic E-state index is 0.561. The van der Waals surface area contributed by atoms with E-state index < -0.39 is 0 Å². The minimum absolute atomic E-state index is 0.561. The number of amidine groups is 1. The van der Waals surface area contributed by atoms with Crippen LogP contribution in [0.15, 0.2) is 4.99 Å². The highest BCUT2D eigenvalue weighted by Crippen LogP contribution is 2.33. The maximum absolute atomic E-state index is 5.07. The van der Waals surface area contributed by atoms with E-state index in [4.69, 9.17) is 4.99 Å². The summed E-state index contributed by atoms with van der Waals surface area (Å²) >= 11 is 1.94. The Hall–Kier alpha value is -0.180. The van der Waals surface area contributed by atoms with Crippen LogP contribution in [0.25, 0.3) is 0 Å². The molecule has 3 heteroatoms. The third-order valence-electron chi connectivity index (χ3n) is 4.29. The molecule has 1 aliphatic heterocycles. The fourth-order valence-electron chi connectivity index (χ4n) is 3.34. The molecule has 2 rings (SSSR count). The van der Waals surface area contributed by atoms with Gasteiger partial charge in [-0.05, 0) is 38.0 Å². The standard InChI is InChI=1S/C15H28N2S/c1-10(2)13-7-5-6-8-14(13)17-15-16-11(3)9-12(4)18-15/h10-14H,5-9H2,1-4H3,(H,16,17). The average Bonchev–Trinajstić information content (AvgIpc) is 2.27. The van der Waals surface area contributed by atoms with Crippen LogP contribution < -0.4 is 5.32 Å². The van der Waals surface area contributed by atoms with Crippen LogP contribution in [0.5, 0.6) is 0 Å². The molecule has 0 aromatic carbocycles. The summed E-state index contributed by atoms with van der Waals surface area (Å²) in [5, 5.41) is 5.48. The van der Waals surface area contributed by atoms with Gasteiger partial charge in [0, 0.05) is 11.3 Å². The van der Waals surface area contributed by atoms with Gasteiger partial charge >= 0.3 is 0 Å². The quantitative estimate of drug-likeness (QED) is 0.816. The van der Waals surface area contributed by atoms with Gasteiger partial charge in [-0.15, -0.1) is 0 Å². The van der Waals surface area contributed by atoms with Gasteiger partial charge in [-0.3, -0.25) is 4.99 Å². The lowest BCUT2D eigenvalue weighted by molar-refractivity contribution is 0.241. The van der Waals surface area contributed by atoms with E-state index in [0.717, 1.165) is 11.8 Å². The molecule has 18 heavy (non-hydrogen) atoms. The van der Waals surface area contributed by atoms with Gasteiger partial charge < -0.3 is 5.32 Å². The Bertz CT molecular complexity index is 289. The molecule has 1 heterocycles. The van der Waals surface area contributed by atoms with Crippen molar-refractivity contribution in [3.05, 3.63) is 0 Å². The molecule has 2 aliphatic rings. The Labute approximate surface area is 116 Å². The second-order valence-electron chi connectivity index (χ2n) is 6.40. The Morgan fingerprint density at radius 1 is 1.22 bits per heavy atom. The van der Waals surface area contributed by atoms with E-state index >= 15 is 0 Å². The first kappa shape index (κ1) is 14.2. The second-order valence-corrected chi connectivity index (χ2v) is 7.83. The largest absolute Gasteiger partial charge is 0.362 e. The highest BCUT2D eigenvalue weighted by atomic mass is 32.2. The number of thioether (sulfide) groups is 1. The van der Waals surface area contributed by atoms with Crippen molar-refractivity contribution in [2.24, 2.45) is 16.8 Å². The van der Waals surface area contributed by atoms with Crippen molar-refractivity contribution in [2.75, 3.05) is 0 Å². The van der Waals surface area contributed by atoms with Crippen LogP contribution in [0.4, 0.5) is 0 Å². The predicted octanol–water partition coefficient (Wildman–Crippen LogP) is 4.06. The van der Waals surface area contributed by atoms with Crippen LogP contribution in [0, 0.1) is 11.8 Å². The lowest BCUT2D eigenvalue weighted by Crippen LogP contribution is -2.40. The predicted molar refractivity (Wildman–Crippen MR) is 82.3 cm³/mol. The number of rotatable bonds is 2. The molecule has 104 valence electrons. The van der Waals surface area contributed by atoms with E-state index in [9.17, 15) is 0 Å². The summed E-state index contributed by atoms with van der Waals surface area (Å²) in [7, 11) is 0. The number of aliphatic imine (C=N–C) groups is 1. The minimum Gasteiger partial charge on any atom is -0.362 e. The number of hydrogen-bond acceptors (Lipinski definition) is 2. The lowest BCUT2D eigenvalue weighted by atomic mass is 9.78. The zero-order chi connectivity index (χ0) is 13.1. The molecule has 0 amide bonds. The summed E-state index contributed by atoms with van der Waals surface area (Å²) in [6.45, 7) is 9.30. The maximum atomic E-state index is 5.07. The van der Waals surface area contributed by atoms with Gasteiger partial charge in [0.25, 0.3) is 0 Å². The van der Waals surface area contributed by atoms with E-state index in [-0.39, 0.29) is 0 Å². The van der Waals surface area contributed by atoms with Gasteiger partial charge in [-0.25, -0.2) is 0 Å². The second kappa shape index (κ2) is 6.31. The SMILES string of the molecule is CC1CC(C)SC(=NC2CCCCC2C(C)C)N1. The first-order chi connectivity index (χ1) is 8.56. The lowest BCUT2D eigenvalue weighted by Gasteiger charge is -2.34. The highest BCUT2D eigenvalue weighted by molar-refractivity contribution is 8.14. The van der Waals surface area contributed by atoms with Crippen LogP contribution >= 0.6 is 11.8 Å². The molecule has 1 saturated heterocycles. The van der Waals surface area contributed by atoms with Crippen molar-refractivity contribution < 1.29 is 0 Å². The van der Waals surface area contributed by atoms with E-state index in [0.29, 0.717) is 17.3 Å². The van der Waals surface area contributed by atoms with E-state index in [1.165, 1.54) is 37.3 Å². The molecule has 4 unspecified atom stereocenters. The summed E-state index contributed by atoms with van der Waals surface area (Å²) in [4.78, 5) is 5.07. The Kier molecular flexibility index (Phi) is 4.99. The molecular formula is C15H28N2S. The van der Waals surface area contributed by atoms with Gasteiger partial charge in [0.15, 0.2) is 5.17 Å². The molecule has 0 spiro atoms. The summed E-state index contributed by atoms with van der Waals surface area (Å²) < 4.78 is 0. The molecule has 4 atom stereocenters. The van der Waals surface area contributed by atoms with Crippen molar-refractivity contribution >= 4 is 16.9 Å². The van der Waals surface area contributed by atoms with Crippen molar-refractivity contribution in [1.82, 2.24) is 5.32 Å². The van der Waals surface area contributed by atoms with Gasteiger partial charge in [0.1, 0.15) is 0 Å². The summed E-state index contributed by atoms with van der Waals surface area (Å²) in [5.74, 6) is 1.56. The summed E-state index contributed by atoms with van der Waals surface area (Å²) in [5.41, 5.74) is 0.